The van der Waals surface area contributed by atoms with Gasteiger partial charge in [-0.15, -0.1) is 0 Å². The van der Waals surface area contributed by atoms with Crippen LogP contribution >= 0.6 is 0 Å². The van der Waals surface area contributed by atoms with Crippen molar-refractivity contribution < 1.29 is 19.1 Å². The van der Waals surface area contributed by atoms with Gasteiger partial charge in [-0.1, -0.05) is 74.5 Å². The SMILES string of the molecule is CCCN(CCC)C(=O)C1=CC=CC(C(N)=O)([C@H](Cc2ccccc2)[C@@H](O)CNCCc2cccc(F)c2)C1. The monoisotopic (exact) mass is 535 g/mol. The second kappa shape index (κ2) is 14.8. The van der Waals surface area contributed by atoms with Crippen molar-refractivity contribution >= 4 is 11.8 Å². The molecule has 0 aliphatic heterocycles. The molecule has 3 atom stereocenters. The van der Waals surface area contributed by atoms with E-state index in [-0.39, 0.29) is 24.7 Å². The molecule has 0 fully saturated rings. The number of aliphatic hydroxyl groups excluding tert-OH is 1. The summed E-state index contributed by atoms with van der Waals surface area (Å²) >= 11 is 0. The summed E-state index contributed by atoms with van der Waals surface area (Å²) in [6, 6.07) is 16.1. The molecule has 6 nitrogen and oxygen atoms in total. The number of allylic oxidation sites excluding steroid dienone is 2. The zero-order valence-corrected chi connectivity index (χ0v) is 23.1. The average molecular weight is 536 g/mol. The predicted molar refractivity (Wildman–Crippen MR) is 153 cm³/mol. The first-order valence-corrected chi connectivity index (χ1v) is 14.0. The maximum atomic E-state index is 13.5. The van der Waals surface area contributed by atoms with Crippen LogP contribution in [-0.2, 0) is 22.4 Å². The van der Waals surface area contributed by atoms with Crippen LogP contribution in [0.25, 0.3) is 0 Å². The molecule has 2 amide bonds. The Hall–Kier alpha value is -3.29. The minimum Gasteiger partial charge on any atom is -0.391 e. The van der Waals surface area contributed by atoms with E-state index in [1.54, 1.807) is 24.3 Å². The van der Waals surface area contributed by atoms with Crippen LogP contribution in [0.2, 0.25) is 0 Å². The third-order valence-corrected chi connectivity index (χ3v) is 7.44. The molecule has 4 N–H and O–H groups in total. The van der Waals surface area contributed by atoms with Crippen LogP contribution < -0.4 is 11.1 Å². The molecule has 1 aliphatic carbocycles. The van der Waals surface area contributed by atoms with Gasteiger partial charge in [0.15, 0.2) is 0 Å². The van der Waals surface area contributed by atoms with Gasteiger partial charge in [-0.2, -0.15) is 0 Å². The highest BCUT2D eigenvalue weighted by atomic mass is 19.1. The van der Waals surface area contributed by atoms with Crippen LogP contribution in [0.4, 0.5) is 4.39 Å². The van der Waals surface area contributed by atoms with Gasteiger partial charge >= 0.3 is 0 Å². The van der Waals surface area contributed by atoms with Crippen molar-refractivity contribution in [3.05, 3.63) is 95.3 Å². The topological polar surface area (TPSA) is 95.7 Å². The van der Waals surface area contributed by atoms with E-state index in [9.17, 15) is 19.1 Å². The molecule has 0 heterocycles. The summed E-state index contributed by atoms with van der Waals surface area (Å²) in [5.74, 6) is -1.50. The van der Waals surface area contributed by atoms with Crippen LogP contribution in [0.1, 0.15) is 44.2 Å². The highest BCUT2D eigenvalue weighted by Crippen LogP contribution is 2.43. The third-order valence-electron chi connectivity index (χ3n) is 7.44. The van der Waals surface area contributed by atoms with Crippen LogP contribution in [0.5, 0.6) is 0 Å². The van der Waals surface area contributed by atoms with Gasteiger partial charge in [0.1, 0.15) is 5.82 Å². The minimum absolute atomic E-state index is 0.0881. The van der Waals surface area contributed by atoms with E-state index < -0.39 is 23.3 Å². The van der Waals surface area contributed by atoms with E-state index in [4.69, 9.17) is 5.73 Å². The number of aliphatic hydroxyl groups is 1. The number of amides is 2. The molecule has 7 heteroatoms. The Morgan fingerprint density at radius 3 is 2.41 bits per heavy atom. The molecule has 0 radical (unpaired) electrons. The van der Waals surface area contributed by atoms with Crippen molar-refractivity contribution in [1.82, 2.24) is 10.2 Å². The first-order chi connectivity index (χ1) is 18.8. The fraction of sp³-hybridized carbons (Fsp3) is 0.438. The Labute approximate surface area is 231 Å². The molecule has 0 spiro atoms. The number of rotatable bonds is 15. The molecule has 3 rings (SSSR count). The Morgan fingerprint density at radius 1 is 1.08 bits per heavy atom. The number of hydrogen-bond donors (Lipinski definition) is 3. The zero-order chi connectivity index (χ0) is 28.3. The van der Waals surface area contributed by atoms with Gasteiger partial charge in [0, 0.05) is 31.1 Å². The van der Waals surface area contributed by atoms with Gasteiger partial charge < -0.3 is 21.1 Å². The van der Waals surface area contributed by atoms with E-state index in [0.717, 1.165) is 24.0 Å². The molecule has 1 unspecified atom stereocenters. The molecule has 39 heavy (non-hydrogen) atoms. The summed E-state index contributed by atoms with van der Waals surface area (Å²) in [5.41, 5.74) is 7.21. The molecular weight excluding hydrogens is 493 g/mol. The fourth-order valence-corrected chi connectivity index (χ4v) is 5.43. The van der Waals surface area contributed by atoms with Crippen molar-refractivity contribution in [1.29, 1.82) is 0 Å². The van der Waals surface area contributed by atoms with Crippen LogP contribution in [0, 0.1) is 17.2 Å². The second-order valence-electron chi connectivity index (χ2n) is 10.4. The summed E-state index contributed by atoms with van der Waals surface area (Å²) in [5, 5.41) is 14.8. The van der Waals surface area contributed by atoms with E-state index in [1.165, 1.54) is 12.1 Å². The number of nitrogens with zero attached hydrogens (tertiary/aromatic N) is 1. The molecule has 2 aromatic rings. The zero-order valence-electron chi connectivity index (χ0n) is 23.1. The Kier molecular flexibility index (Phi) is 11.4. The normalized spacial score (nSPS) is 18.3. The van der Waals surface area contributed by atoms with E-state index in [1.807, 2.05) is 55.1 Å². The standard InChI is InChI=1S/C32H42FN3O3/c1-3-18-36(19-4-2)30(38)26-13-9-16-32(22-26,31(34)39)28(21-24-10-6-5-7-11-24)29(37)23-35-17-15-25-12-8-14-27(33)20-25/h5-14,16,20,28-29,35,37H,3-4,15,17-19,21-23H2,1-2H3,(H2,34,39)/t28-,29+,32?/m1/s1. The summed E-state index contributed by atoms with van der Waals surface area (Å²) in [4.78, 5) is 28.5. The minimum atomic E-state index is -1.23. The van der Waals surface area contributed by atoms with Crippen LogP contribution in [0.3, 0.4) is 0 Å². The smallest absolute Gasteiger partial charge is 0.249 e. The predicted octanol–water partition coefficient (Wildman–Crippen LogP) is 4.18. The van der Waals surface area contributed by atoms with Gasteiger partial charge in [0.05, 0.1) is 11.5 Å². The molecule has 210 valence electrons. The van der Waals surface area contributed by atoms with Crippen LogP contribution in [-0.4, -0.2) is 54.1 Å². The summed E-state index contributed by atoms with van der Waals surface area (Å²) in [7, 11) is 0. The third kappa shape index (κ3) is 8.10. The lowest BCUT2D eigenvalue weighted by molar-refractivity contribution is -0.132. The van der Waals surface area contributed by atoms with Crippen molar-refractivity contribution in [2.75, 3.05) is 26.2 Å². The number of benzene rings is 2. The number of primary amides is 1. The van der Waals surface area contributed by atoms with Crippen molar-refractivity contribution in [2.45, 2.75) is 52.1 Å². The molecule has 2 aromatic carbocycles. The van der Waals surface area contributed by atoms with Crippen molar-refractivity contribution in [2.24, 2.45) is 17.1 Å². The number of halogens is 1. The Balaban J connectivity index is 1.82. The number of nitrogens with two attached hydrogens (primary N) is 1. The lowest BCUT2D eigenvalue weighted by Crippen LogP contribution is -2.51. The molecule has 0 aromatic heterocycles. The molecular formula is C32H42FN3O3. The van der Waals surface area contributed by atoms with E-state index >= 15 is 0 Å². The summed E-state index contributed by atoms with van der Waals surface area (Å²) in [6.45, 7) is 6.11. The molecule has 0 bridgehead atoms. The van der Waals surface area contributed by atoms with Crippen molar-refractivity contribution in [3.8, 4) is 0 Å². The highest BCUT2D eigenvalue weighted by molar-refractivity contribution is 5.96. The number of carbonyl (C=O) groups is 2. The maximum Gasteiger partial charge on any atom is 0.249 e. The Bertz CT molecular complexity index is 1140. The quantitative estimate of drug-likeness (QED) is 0.298. The first-order valence-electron chi connectivity index (χ1n) is 14.0. The summed E-state index contributed by atoms with van der Waals surface area (Å²) in [6.07, 6.45) is 7.17. The molecule has 1 aliphatic rings. The van der Waals surface area contributed by atoms with Gasteiger partial charge in [0.25, 0.3) is 0 Å². The lowest BCUT2D eigenvalue weighted by atomic mass is 9.64. The van der Waals surface area contributed by atoms with Gasteiger partial charge in [0.2, 0.25) is 11.8 Å². The van der Waals surface area contributed by atoms with Crippen LogP contribution in [0.15, 0.2) is 78.4 Å². The van der Waals surface area contributed by atoms with Gasteiger partial charge in [-0.3, -0.25) is 9.59 Å². The highest BCUT2D eigenvalue weighted by Gasteiger charge is 2.47. The fourth-order valence-electron chi connectivity index (χ4n) is 5.43. The molecule has 0 saturated heterocycles. The van der Waals surface area contributed by atoms with E-state index in [2.05, 4.69) is 5.32 Å². The van der Waals surface area contributed by atoms with Gasteiger partial charge in [-0.05, 0) is 61.9 Å². The maximum absolute atomic E-state index is 13.5. The first kappa shape index (κ1) is 30.3. The van der Waals surface area contributed by atoms with E-state index in [0.29, 0.717) is 38.0 Å². The Morgan fingerprint density at radius 2 is 1.77 bits per heavy atom. The van der Waals surface area contributed by atoms with Gasteiger partial charge in [-0.25, -0.2) is 4.39 Å². The summed E-state index contributed by atoms with van der Waals surface area (Å²) < 4.78 is 13.5. The number of hydrogen-bond acceptors (Lipinski definition) is 4. The largest absolute Gasteiger partial charge is 0.391 e. The molecule has 0 saturated carbocycles. The number of carbonyl (C=O) groups excluding carboxylic acids is 2. The number of nitrogens with one attached hydrogen (secondary N) is 1. The lowest BCUT2D eigenvalue weighted by Gasteiger charge is -2.41. The average Bonchev–Trinajstić information content (AvgIpc) is 2.94. The second-order valence-corrected chi connectivity index (χ2v) is 10.4. The van der Waals surface area contributed by atoms with Crippen molar-refractivity contribution in [3.63, 3.8) is 0 Å².